The van der Waals surface area contributed by atoms with Gasteiger partial charge in [0.05, 0.1) is 18.1 Å². The summed E-state index contributed by atoms with van der Waals surface area (Å²) in [5.74, 6) is -0.464. The highest BCUT2D eigenvalue weighted by molar-refractivity contribution is 5.92. The molecule has 1 heterocycles. The maximum atomic E-state index is 12.5. The minimum absolute atomic E-state index is 0.0299. The quantitative estimate of drug-likeness (QED) is 0.622. The van der Waals surface area contributed by atoms with Crippen molar-refractivity contribution in [3.8, 4) is 11.8 Å². The SMILES string of the molecule is C=C(C)COc1ccccc1C1C(C#N)=C(N)OC(C)=C1C(=O)OCC. The van der Waals surface area contributed by atoms with E-state index in [1.807, 2.05) is 19.1 Å². The third-order valence-electron chi connectivity index (χ3n) is 3.81. The van der Waals surface area contributed by atoms with E-state index in [1.165, 1.54) is 0 Å². The number of carbonyl (C=O) groups excluding carboxylic acids is 1. The highest BCUT2D eigenvalue weighted by atomic mass is 16.5. The molecule has 6 nitrogen and oxygen atoms in total. The highest BCUT2D eigenvalue weighted by Crippen LogP contribution is 2.42. The van der Waals surface area contributed by atoms with Gasteiger partial charge in [0, 0.05) is 5.56 Å². The maximum absolute atomic E-state index is 12.5. The van der Waals surface area contributed by atoms with Gasteiger partial charge in [0.2, 0.25) is 5.88 Å². The van der Waals surface area contributed by atoms with Crippen molar-refractivity contribution in [3.05, 3.63) is 64.8 Å². The molecule has 0 spiro atoms. The van der Waals surface area contributed by atoms with Crippen molar-refractivity contribution in [1.29, 1.82) is 5.26 Å². The summed E-state index contributed by atoms with van der Waals surface area (Å²) in [4.78, 5) is 12.5. The van der Waals surface area contributed by atoms with E-state index in [0.717, 1.165) is 5.57 Å². The molecule has 0 bridgehead atoms. The van der Waals surface area contributed by atoms with Crippen LogP contribution in [-0.2, 0) is 14.3 Å². The van der Waals surface area contributed by atoms with Crippen molar-refractivity contribution in [2.45, 2.75) is 26.7 Å². The first-order valence-corrected chi connectivity index (χ1v) is 8.22. The average Bonchev–Trinajstić information content (AvgIpc) is 2.59. The molecule has 0 saturated heterocycles. The molecule has 0 saturated carbocycles. The molecule has 0 radical (unpaired) electrons. The van der Waals surface area contributed by atoms with E-state index in [-0.39, 0.29) is 23.6 Å². The molecule has 0 aliphatic carbocycles. The molecule has 26 heavy (non-hydrogen) atoms. The Balaban J connectivity index is 2.61. The molecule has 0 amide bonds. The summed E-state index contributed by atoms with van der Waals surface area (Å²) in [5.41, 5.74) is 7.78. The maximum Gasteiger partial charge on any atom is 0.338 e. The van der Waals surface area contributed by atoms with Crippen LogP contribution in [0.3, 0.4) is 0 Å². The van der Waals surface area contributed by atoms with Crippen molar-refractivity contribution in [2.75, 3.05) is 13.2 Å². The molecule has 0 aromatic heterocycles. The lowest BCUT2D eigenvalue weighted by Gasteiger charge is -2.28. The van der Waals surface area contributed by atoms with Crippen LogP contribution in [0.4, 0.5) is 0 Å². The fourth-order valence-electron chi connectivity index (χ4n) is 2.72. The molecule has 1 aromatic carbocycles. The van der Waals surface area contributed by atoms with Crippen LogP contribution in [0.1, 0.15) is 32.3 Å². The predicted molar refractivity (Wildman–Crippen MR) is 96.7 cm³/mol. The molecule has 2 N–H and O–H groups in total. The van der Waals surface area contributed by atoms with E-state index in [9.17, 15) is 10.1 Å². The number of ether oxygens (including phenoxy) is 3. The van der Waals surface area contributed by atoms with Gasteiger partial charge in [-0.3, -0.25) is 0 Å². The fraction of sp³-hybridized carbons (Fsp3) is 0.300. The molecule has 6 heteroatoms. The first-order valence-electron chi connectivity index (χ1n) is 8.22. The van der Waals surface area contributed by atoms with Gasteiger partial charge in [0.1, 0.15) is 29.8 Å². The van der Waals surface area contributed by atoms with Crippen molar-refractivity contribution >= 4 is 5.97 Å². The van der Waals surface area contributed by atoms with Gasteiger partial charge in [-0.2, -0.15) is 5.26 Å². The standard InChI is InChI=1S/C20H22N2O4/c1-5-24-20(23)17-13(4)26-19(22)15(10-21)18(17)14-8-6-7-9-16(14)25-11-12(2)3/h6-9,18H,2,5,11,22H2,1,3-4H3. The van der Waals surface area contributed by atoms with Crippen LogP contribution in [0.15, 0.2) is 59.2 Å². The summed E-state index contributed by atoms with van der Waals surface area (Å²) in [5, 5.41) is 9.62. The number of hydrogen-bond donors (Lipinski definition) is 1. The minimum atomic E-state index is -0.728. The van der Waals surface area contributed by atoms with Crippen LogP contribution < -0.4 is 10.5 Å². The average molecular weight is 354 g/mol. The number of esters is 1. The molecular formula is C20H22N2O4. The lowest BCUT2D eigenvalue weighted by atomic mass is 9.82. The van der Waals surface area contributed by atoms with Gasteiger partial charge in [-0.1, -0.05) is 24.8 Å². The summed E-state index contributed by atoms with van der Waals surface area (Å²) in [6.07, 6.45) is 0. The summed E-state index contributed by atoms with van der Waals surface area (Å²) in [7, 11) is 0. The van der Waals surface area contributed by atoms with Crippen LogP contribution >= 0.6 is 0 Å². The molecule has 1 aromatic rings. The molecule has 1 unspecified atom stereocenters. The van der Waals surface area contributed by atoms with E-state index >= 15 is 0 Å². The number of nitrogens with two attached hydrogens (primary N) is 1. The van der Waals surface area contributed by atoms with E-state index in [1.54, 1.807) is 26.0 Å². The van der Waals surface area contributed by atoms with E-state index in [4.69, 9.17) is 19.9 Å². The monoisotopic (exact) mass is 354 g/mol. The van der Waals surface area contributed by atoms with Gasteiger partial charge >= 0.3 is 5.97 Å². The number of allylic oxidation sites excluding steroid dienone is 2. The zero-order valence-corrected chi connectivity index (χ0v) is 15.2. The highest BCUT2D eigenvalue weighted by Gasteiger charge is 2.37. The Hall–Kier alpha value is -3.20. The Morgan fingerprint density at radius 3 is 2.73 bits per heavy atom. The smallest absolute Gasteiger partial charge is 0.338 e. The number of benzene rings is 1. The predicted octanol–water partition coefficient (Wildman–Crippen LogP) is 3.29. The lowest BCUT2D eigenvalue weighted by Crippen LogP contribution is -2.26. The number of para-hydroxylation sites is 1. The number of rotatable bonds is 6. The van der Waals surface area contributed by atoms with Crippen LogP contribution in [0.25, 0.3) is 0 Å². The summed E-state index contributed by atoms with van der Waals surface area (Å²) >= 11 is 0. The van der Waals surface area contributed by atoms with Gasteiger partial charge in [0.25, 0.3) is 0 Å². The van der Waals surface area contributed by atoms with Crippen LogP contribution in [0, 0.1) is 11.3 Å². The lowest BCUT2D eigenvalue weighted by molar-refractivity contribution is -0.139. The molecule has 1 aliphatic heterocycles. The van der Waals surface area contributed by atoms with Crippen LogP contribution in [-0.4, -0.2) is 19.2 Å². The largest absolute Gasteiger partial charge is 0.489 e. The Kier molecular flexibility index (Phi) is 6.07. The Morgan fingerprint density at radius 2 is 2.12 bits per heavy atom. The van der Waals surface area contributed by atoms with Crippen molar-refractivity contribution in [3.63, 3.8) is 0 Å². The van der Waals surface area contributed by atoms with E-state index < -0.39 is 11.9 Å². The molecule has 2 rings (SSSR count). The van der Waals surface area contributed by atoms with Crippen molar-refractivity contribution in [2.24, 2.45) is 5.73 Å². The normalized spacial score (nSPS) is 16.6. The van der Waals surface area contributed by atoms with E-state index in [0.29, 0.717) is 23.7 Å². The molecule has 1 atom stereocenters. The summed E-state index contributed by atoms with van der Waals surface area (Å²) in [6, 6.07) is 9.25. The first-order chi connectivity index (χ1) is 12.4. The van der Waals surface area contributed by atoms with Crippen LogP contribution in [0.2, 0.25) is 0 Å². The third-order valence-corrected chi connectivity index (χ3v) is 3.81. The zero-order valence-electron chi connectivity index (χ0n) is 15.2. The van der Waals surface area contributed by atoms with Gasteiger partial charge in [-0.25, -0.2) is 4.79 Å². The molecule has 1 aliphatic rings. The Labute approximate surface area is 153 Å². The minimum Gasteiger partial charge on any atom is -0.489 e. The zero-order chi connectivity index (χ0) is 19.3. The summed E-state index contributed by atoms with van der Waals surface area (Å²) in [6.45, 7) is 9.54. The molecular weight excluding hydrogens is 332 g/mol. The number of hydrogen-bond acceptors (Lipinski definition) is 6. The van der Waals surface area contributed by atoms with Gasteiger partial charge < -0.3 is 19.9 Å². The summed E-state index contributed by atoms with van der Waals surface area (Å²) < 4.78 is 16.4. The Bertz CT molecular complexity index is 830. The molecule has 136 valence electrons. The number of nitrogens with zero attached hydrogens (tertiary/aromatic N) is 1. The second-order valence-electron chi connectivity index (χ2n) is 5.90. The second-order valence-corrected chi connectivity index (χ2v) is 5.90. The Morgan fingerprint density at radius 1 is 1.42 bits per heavy atom. The first kappa shape index (κ1) is 19.1. The number of nitriles is 1. The fourth-order valence-corrected chi connectivity index (χ4v) is 2.72. The van der Waals surface area contributed by atoms with E-state index in [2.05, 4.69) is 12.6 Å². The number of carbonyl (C=O) groups is 1. The van der Waals surface area contributed by atoms with Crippen molar-refractivity contribution < 1.29 is 19.0 Å². The topological polar surface area (TPSA) is 94.6 Å². The van der Waals surface area contributed by atoms with Gasteiger partial charge in [-0.15, -0.1) is 0 Å². The van der Waals surface area contributed by atoms with Gasteiger partial charge in [0.15, 0.2) is 0 Å². The third kappa shape index (κ3) is 3.89. The van der Waals surface area contributed by atoms with Crippen LogP contribution in [0.5, 0.6) is 5.75 Å². The molecule has 0 fully saturated rings. The van der Waals surface area contributed by atoms with Crippen molar-refractivity contribution in [1.82, 2.24) is 0 Å². The second kappa shape index (κ2) is 8.26. The van der Waals surface area contributed by atoms with Gasteiger partial charge in [-0.05, 0) is 32.4 Å².